The Morgan fingerprint density at radius 2 is 2.07 bits per heavy atom. The zero-order chi connectivity index (χ0) is 19.2. The van der Waals surface area contributed by atoms with E-state index in [1.807, 2.05) is 44.2 Å². The fraction of sp³-hybridized carbons (Fsp3) is 0.286. The largest absolute Gasteiger partial charge is 0.495 e. The van der Waals surface area contributed by atoms with E-state index in [4.69, 9.17) is 10.5 Å². The molecule has 0 amide bonds. The Hall–Kier alpha value is -2.47. The molecule has 27 heavy (non-hydrogen) atoms. The van der Waals surface area contributed by atoms with Crippen molar-refractivity contribution in [3.8, 4) is 17.0 Å². The Morgan fingerprint density at radius 3 is 2.81 bits per heavy atom. The highest BCUT2D eigenvalue weighted by Gasteiger charge is 2.31. The molecule has 1 atom stereocenters. The zero-order valence-corrected chi connectivity index (χ0v) is 16.4. The molecule has 2 heterocycles. The van der Waals surface area contributed by atoms with E-state index in [-0.39, 0.29) is 16.6 Å². The second-order valence-electron chi connectivity index (χ2n) is 7.20. The first kappa shape index (κ1) is 17.9. The normalized spacial score (nSPS) is 19.1. The number of hydrogen-bond acceptors (Lipinski definition) is 4. The number of H-pyrrole nitrogens is 1. The third kappa shape index (κ3) is 3.18. The summed E-state index contributed by atoms with van der Waals surface area (Å²) in [7, 11) is 1.65. The van der Waals surface area contributed by atoms with Crippen molar-refractivity contribution in [2.75, 3.05) is 12.9 Å². The van der Waals surface area contributed by atoms with Gasteiger partial charge in [0.1, 0.15) is 17.4 Å². The van der Waals surface area contributed by atoms with Gasteiger partial charge in [0.05, 0.1) is 23.4 Å². The van der Waals surface area contributed by atoms with E-state index in [2.05, 4.69) is 9.98 Å². The minimum Gasteiger partial charge on any atom is -0.495 e. The van der Waals surface area contributed by atoms with Crippen LogP contribution >= 0.6 is 11.8 Å². The average molecular weight is 383 g/mol. The number of thioether (sulfide) groups is 1. The van der Waals surface area contributed by atoms with E-state index in [1.165, 1.54) is 6.07 Å². The van der Waals surface area contributed by atoms with Crippen molar-refractivity contribution in [2.45, 2.75) is 24.6 Å². The first-order valence-corrected chi connectivity index (χ1v) is 9.81. The van der Waals surface area contributed by atoms with E-state index in [0.29, 0.717) is 17.2 Å². The van der Waals surface area contributed by atoms with E-state index < -0.39 is 0 Å². The summed E-state index contributed by atoms with van der Waals surface area (Å²) in [5.74, 6) is 1.79. The van der Waals surface area contributed by atoms with E-state index in [9.17, 15) is 4.39 Å². The lowest BCUT2D eigenvalue weighted by Gasteiger charge is -2.31. The number of ether oxygens (including phenoxy) is 1. The molecule has 0 saturated heterocycles. The maximum atomic E-state index is 14.6. The van der Waals surface area contributed by atoms with Gasteiger partial charge in [-0.3, -0.25) is 4.99 Å². The number of fused-ring (bicyclic) bond motifs is 1. The van der Waals surface area contributed by atoms with Gasteiger partial charge in [0.25, 0.3) is 0 Å². The fourth-order valence-electron chi connectivity index (χ4n) is 3.30. The lowest BCUT2D eigenvalue weighted by Crippen LogP contribution is -2.39. The van der Waals surface area contributed by atoms with Gasteiger partial charge in [0, 0.05) is 22.4 Å². The molecule has 0 saturated carbocycles. The Morgan fingerprint density at radius 1 is 1.26 bits per heavy atom. The van der Waals surface area contributed by atoms with Crippen LogP contribution in [0.2, 0.25) is 0 Å². The van der Waals surface area contributed by atoms with Crippen molar-refractivity contribution in [1.82, 2.24) is 4.98 Å². The molecule has 6 heteroatoms. The van der Waals surface area contributed by atoms with Crippen LogP contribution < -0.4 is 10.5 Å². The van der Waals surface area contributed by atoms with Crippen LogP contribution in [0.4, 0.5) is 4.39 Å². The lowest BCUT2D eigenvalue weighted by atomic mass is 10.0. The van der Waals surface area contributed by atoms with Gasteiger partial charge in [0.15, 0.2) is 0 Å². The standard InChI is InChI=1S/C21H22FN3OS/c1-21(2)20(23)25-17(11-27-21)14-9-12(7-8-15(14)22)16-10-13-5-4-6-18(26-3)19(13)24-16/h4-10,17,24H,11H2,1-3H3,(H2,23,25). The van der Waals surface area contributed by atoms with Gasteiger partial charge in [-0.1, -0.05) is 12.1 Å². The zero-order valence-electron chi connectivity index (χ0n) is 15.5. The maximum absolute atomic E-state index is 14.6. The molecule has 1 aliphatic heterocycles. The number of nitrogens with one attached hydrogen (secondary N) is 1. The molecule has 4 rings (SSSR count). The Labute approximate surface area is 162 Å². The average Bonchev–Trinajstić information content (AvgIpc) is 3.09. The molecule has 3 N–H and O–H groups in total. The predicted octanol–water partition coefficient (Wildman–Crippen LogP) is 4.91. The highest BCUT2D eigenvalue weighted by atomic mass is 32.2. The smallest absolute Gasteiger partial charge is 0.142 e. The van der Waals surface area contributed by atoms with E-state index >= 15 is 0 Å². The van der Waals surface area contributed by atoms with Crippen LogP contribution in [0.3, 0.4) is 0 Å². The van der Waals surface area contributed by atoms with Gasteiger partial charge in [0.2, 0.25) is 0 Å². The highest BCUT2D eigenvalue weighted by Crippen LogP contribution is 2.38. The van der Waals surface area contributed by atoms with Crippen molar-refractivity contribution in [1.29, 1.82) is 0 Å². The third-order valence-electron chi connectivity index (χ3n) is 5.02. The number of para-hydroxylation sites is 1. The second kappa shape index (κ2) is 6.60. The predicted molar refractivity (Wildman–Crippen MR) is 111 cm³/mol. The SMILES string of the molecule is COc1cccc2cc(-c3ccc(F)c(C4CSC(C)(C)C(N)=N4)c3)[nH]c12. The Balaban J connectivity index is 1.76. The van der Waals surface area contributed by atoms with E-state index in [1.54, 1.807) is 24.9 Å². The number of amidine groups is 1. The molecule has 0 fully saturated rings. The van der Waals surface area contributed by atoms with Crippen LogP contribution in [0.15, 0.2) is 47.5 Å². The van der Waals surface area contributed by atoms with Crippen molar-refractivity contribution in [2.24, 2.45) is 10.7 Å². The number of halogens is 1. The summed E-state index contributed by atoms with van der Waals surface area (Å²) in [6.07, 6.45) is 0. The van der Waals surface area contributed by atoms with E-state index in [0.717, 1.165) is 27.9 Å². The van der Waals surface area contributed by atoms with Gasteiger partial charge in [-0.25, -0.2) is 4.39 Å². The number of rotatable bonds is 3. The van der Waals surface area contributed by atoms with Crippen LogP contribution in [0.1, 0.15) is 25.5 Å². The summed E-state index contributed by atoms with van der Waals surface area (Å²) in [5, 5.41) is 1.05. The number of aromatic amines is 1. The number of hydrogen-bond donors (Lipinski definition) is 2. The molecule has 0 radical (unpaired) electrons. The van der Waals surface area contributed by atoms with Crippen LogP contribution in [-0.4, -0.2) is 28.4 Å². The summed E-state index contributed by atoms with van der Waals surface area (Å²) in [4.78, 5) is 7.96. The van der Waals surface area contributed by atoms with Gasteiger partial charge in [-0.2, -0.15) is 0 Å². The minimum absolute atomic E-state index is 0.210. The first-order valence-electron chi connectivity index (χ1n) is 8.82. The number of aromatic nitrogens is 1. The number of methoxy groups -OCH3 is 1. The van der Waals surface area contributed by atoms with Gasteiger partial charge in [-0.15, -0.1) is 11.8 Å². The molecule has 1 aromatic heterocycles. The van der Waals surface area contributed by atoms with Crippen molar-refractivity contribution < 1.29 is 9.13 Å². The summed E-state index contributed by atoms with van der Waals surface area (Å²) in [6, 6.07) is 12.8. The van der Waals surface area contributed by atoms with Crippen LogP contribution in [0, 0.1) is 5.82 Å². The van der Waals surface area contributed by atoms with Crippen molar-refractivity contribution in [3.05, 3.63) is 53.8 Å². The maximum Gasteiger partial charge on any atom is 0.142 e. The van der Waals surface area contributed by atoms with Gasteiger partial charge >= 0.3 is 0 Å². The fourth-order valence-corrected chi connectivity index (χ4v) is 4.33. The number of nitrogens with zero attached hydrogens (tertiary/aromatic N) is 1. The summed E-state index contributed by atoms with van der Waals surface area (Å²) in [5.41, 5.74) is 9.43. The summed E-state index contributed by atoms with van der Waals surface area (Å²) >= 11 is 1.70. The summed E-state index contributed by atoms with van der Waals surface area (Å²) in [6.45, 7) is 4.08. The molecule has 1 aliphatic rings. The first-order chi connectivity index (χ1) is 12.9. The van der Waals surface area contributed by atoms with Crippen LogP contribution in [-0.2, 0) is 0 Å². The number of aliphatic imine (C=N–C) groups is 1. The van der Waals surface area contributed by atoms with Gasteiger partial charge in [-0.05, 0) is 49.7 Å². The molecular weight excluding hydrogens is 361 g/mol. The second-order valence-corrected chi connectivity index (χ2v) is 8.84. The molecule has 0 bridgehead atoms. The van der Waals surface area contributed by atoms with Crippen LogP contribution in [0.25, 0.3) is 22.2 Å². The molecule has 3 aromatic rings. The molecule has 140 valence electrons. The van der Waals surface area contributed by atoms with Gasteiger partial charge < -0.3 is 15.5 Å². The molecule has 1 unspecified atom stereocenters. The quantitative estimate of drug-likeness (QED) is 0.676. The lowest BCUT2D eigenvalue weighted by molar-refractivity contribution is 0.419. The molecule has 4 nitrogen and oxygen atoms in total. The molecule has 2 aromatic carbocycles. The third-order valence-corrected chi connectivity index (χ3v) is 6.43. The van der Waals surface area contributed by atoms with Crippen molar-refractivity contribution in [3.63, 3.8) is 0 Å². The summed E-state index contributed by atoms with van der Waals surface area (Å²) < 4.78 is 19.8. The molecule has 0 aliphatic carbocycles. The number of nitrogens with two attached hydrogens (primary N) is 1. The monoisotopic (exact) mass is 383 g/mol. The molecule has 0 spiro atoms. The Bertz CT molecular complexity index is 1040. The minimum atomic E-state index is -0.276. The Kier molecular flexibility index (Phi) is 4.38. The highest BCUT2D eigenvalue weighted by molar-refractivity contribution is 8.01. The number of benzene rings is 2. The molecular formula is C21H22FN3OS. The topological polar surface area (TPSA) is 63.4 Å². The van der Waals surface area contributed by atoms with Crippen LogP contribution in [0.5, 0.6) is 5.75 Å². The van der Waals surface area contributed by atoms with Crippen molar-refractivity contribution >= 4 is 28.5 Å².